The van der Waals surface area contributed by atoms with Crippen LogP contribution in [0.15, 0.2) is 48.5 Å². The van der Waals surface area contributed by atoms with E-state index in [2.05, 4.69) is 70.4 Å². The van der Waals surface area contributed by atoms with Gasteiger partial charge in [0.25, 0.3) is 0 Å². The zero-order valence-electron chi connectivity index (χ0n) is 11.5. The summed E-state index contributed by atoms with van der Waals surface area (Å²) in [6.07, 6.45) is 2.82. The Morgan fingerprint density at radius 3 is 2.65 bits per heavy atom. The second kappa shape index (κ2) is 6.14. The molecule has 0 bridgehead atoms. The number of hydrogen-bond donors (Lipinski definition) is 1. The van der Waals surface area contributed by atoms with E-state index >= 15 is 0 Å². The minimum absolute atomic E-state index is 0.200. The van der Waals surface area contributed by atoms with Crippen LogP contribution in [0.1, 0.15) is 30.0 Å². The van der Waals surface area contributed by atoms with E-state index in [1.165, 1.54) is 27.5 Å². The molecule has 0 radical (unpaired) electrons. The van der Waals surface area contributed by atoms with E-state index in [0.29, 0.717) is 6.10 Å². The summed E-state index contributed by atoms with van der Waals surface area (Å²) < 4.78 is 7.17. The molecular weight excluding hydrogens is 361 g/mol. The molecular formula is C17H18INO. The Labute approximate surface area is 133 Å². The van der Waals surface area contributed by atoms with Crippen molar-refractivity contribution in [3.05, 3.63) is 63.2 Å². The van der Waals surface area contributed by atoms with Crippen molar-refractivity contribution in [2.75, 3.05) is 7.05 Å². The van der Waals surface area contributed by atoms with Gasteiger partial charge < -0.3 is 10.1 Å². The molecule has 1 unspecified atom stereocenters. The molecule has 2 aromatic rings. The van der Waals surface area contributed by atoms with E-state index in [0.717, 1.165) is 5.75 Å². The van der Waals surface area contributed by atoms with Crippen LogP contribution in [0.2, 0.25) is 0 Å². The highest BCUT2D eigenvalue weighted by Gasteiger charge is 2.24. The maximum atomic E-state index is 5.90. The van der Waals surface area contributed by atoms with Gasteiger partial charge in [-0.1, -0.05) is 30.3 Å². The molecule has 20 heavy (non-hydrogen) atoms. The highest BCUT2D eigenvalue weighted by atomic mass is 127. The molecule has 0 spiro atoms. The first-order valence-electron chi connectivity index (χ1n) is 6.96. The monoisotopic (exact) mass is 379 g/mol. The first kappa shape index (κ1) is 13.9. The van der Waals surface area contributed by atoms with E-state index in [1.807, 2.05) is 13.1 Å². The molecule has 0 aromatic heterocycles. The standard InChI is InChI=1S/C17H18INO/c1-19-17(15-7-2-3-8-16(15)18)12-5-4-6-14(11-12)20-13-9-10-13/h2-8,11,13,17,19H,9-10H2,1H3. The van der Waals surface area contributed by atoms with Gasteiger partial charge in [-0.15, -0.1) is 0 Å². The van der Waals surface area contributed by atoms with Crippen LogP contribution in [-0.2, 0) is 0 Å². The Hall–Kier alpha value is -1.07. The predicted octanol–water partition coefficient (Wildman–Crippen LogP) is 4.14. The van der Waals surface area contributed by atoms with E-state index in [-0.39, 0.29) is 6.04 Å². The third kappa shape index (κ3) is 3.15. The van der Waals surface area contributed by atoms with Crippen molar-refractivity contribution in [3.63, 3.8) is 0 Å². The molecule has 104 valence electrons. The molecule has 1 aliphatic carbocycles. The number of ether oxygens (including phenoxy) is 1. The zero-order chi connectivity index (χ0) is 13.9. The molecule has 0 amide bonds. The van der Waals surface area contributed by atoms with Crippen LogP contribution in [0.5, 0.6) is 5.75 Å². The lowest BCUT2D eigenvalue weighted by Gasteiger charge is -2.19. The normalized spacial score (nSPS) is 15.9. The summed E-state index contributed by atoms with van der Waals surface area (Å²) in [5, 5.41) is 3.41. The predicted molar refractivity (Wildman–Crippen MR) is 90.2 cm³/mol. The first-order chi connectivity index (χ1) is 9.78. The van der Waals surface area contributed by atoms with Crippen LogP contribution in [0, 0.1) is 3.57 Å². The highest BCUT2D eigenvalue weighted by Crippen LogP contribution is 2.31. The molecule has 3 rings (SSSR count). The van der Waals surface area contributed by atoms with Crippen molar-refractivity contribution in [3.8, 4) is 5.75 Å². The fourth-order valence-corrected chi connectivity index (χ4v) is 3.06. The van der Waals surface area contributed by atoms with Crippen molar-refractivity contribution in [1.82, 2.24) is 5.32 Å². The molecule has 0 saturated heterocycles. The van der Waals surface area contributed by atoms with Gasteiger partial charge in [0, 0.05) is 3.57 Å². The van der Waals surface area contributed by atoms with Crippen molar-refractivity contribution in [1.29, 1.82) is 0 Å². The summed E-state index contributed by atoms with van der Waals surface area (Å²) >= 11 is 2.39. The molecule has 1 atom stereocenters. The van der Waals surface area contributed by atoms with Gasteiger partial charge in [0.15, 0.2) is 0 Å². The topological polar surface area (TPSA) is 21.3 Å². The molecule has 3 heteroatoms. The van der Waals surface area contributed by atoms with Gasteiger partial charge in [-0.05, 0) is 71.8 Å². The maximum Gasteiger partial charge on any atom is 0.120 e. The number of halogens is 1. The molecule has 0 aliphatic heterocycles. The van der Waals surface area contributed by atoms with Crippen LogP contribution in [0.4, 0.5) is 0 Å². The number of benzene rings is 2. The van der Waals surface area contributed by atoms with Crippen LogP contribution in [-0.4, -0.2) is 13.2 Å². The summed E-state index contributed by atoms with van der Waals surface area (Å²) in [6, 6.07) is 17.1. The number of rotatable bonds is 5. The van der Waals surface area contributed by atoms with E-state index in [9.17, 15) is 0 Å². The van der Waals surface area contributed by atoms with Gasteiger partial charge in [0.1, 0.15) is 5.75 Å². The summed E-state index contributed by atoms with van der Waals surface area (Å²) in [7, 11) is 2.00. The molecule has 1 saturated carbocycles. The third-order valence-corrected chi connectivity index (χ3v) is 4.51. The summed E-state index contributed by atoms with van der Waals surface area (Å²) in [6.45, 7) is 0. The summed E-state index contributed by atoms with van der Waals surface area (Å²) in [4.78, 5) is 0. The quantitative estimate of drug-likeness (QED) is 0.789. The highest BCUT2D eigenvalue weighted by molar-refractivity contribution is 14.1. The molecule has 2 aromatic carbocycles. The fourth-order valence-electron chi connectivity index (χ4n) is 2.36. The lowest BCUT2D eigenvalue weighted by atomic mass is 9.99. The van der Waals surface area contributed by atoms with Crippen LogP contribution < -0.4 is 10.1 Å². The van der Waals surface area contributed by atoms with Crippen LogP contribution >= 0.6 is 22.6 Å². The van der Waals surface area contributed by atoms with Crippen LogP contribution in [0.25, 0.3) is 0 Å². The lowest BCUT2D eigenvalue weighted by molar-refractivity contribution is 0.302. The van der Waals surface area contributed by atoms with Gasteiger partial charge in [-0.25, -0.2) is 0 Å². The van der Waals surface area contributed by atoms with Gasteiger partial charge in [-0.3, -0.25) is 0 Å². The zero-order valence-corrected chi connectivity index (χ0v) is 13.6. The molecule has 0 heterocycles. The van der Waals surface area contributed by atoms with Gasteiger partial charge in [0.05, 0.1) is 12.1 Å². The molecule has 1 N–H and O–H groups in total. The Balaban J connectivity index is 1.90. The van der Waals surface area contributed by atoms with E-state index in [1.54, 1.807) is 0 Å². The van der Waals surface area contributed by atoms with E-state index in [4.69, 9.17) is 4.74 Å². The fraction of sp³-hybridized carbons (Fsp3) is 0.294. The third-order valence-electron chi connectivity index (χ3n) is 3.52. The Bertz CT molecular complexity index is 595. The minimum atomic E-state index is 0.200. The minimum Gasteiger partial charge on any atom is -0.490 e. The summed E-state index contributed by atoms with van der Waals surface area (Å²) in [5.74, 6) is 0.983. The second-order valence-corrected chi connectivity index (χ2v) is 6.30. The van der Waals surface area contributed by atoms with Crippen molar-refractivity contribution in [2.24, 2.45) is 0 Å². The number of nitrogens with one attached hydrogen (secondary N) is 1. The van der Waals surface area contributed by atoms with Gasteiger partial charge >= 0.3 is 0 Å². The van der Waals surface area contributed by atoms with Crippen LogP contribution in [0.3, 0.4) is 0 Å². The first-order valence-corrected chi connectivity index (χ1v) is 8.04. The lowest BCUT2D eigenvalue weighted by Crippen LogP contribution is -2.18. The number of hydrogen-bond acceptors (Lipinski definition) is 2. The Morgan fingerprint density at radius 2 is 1.95 bits per heavy atom. The SMILES string of the molecule is CNC(c1cccc(OC2CC2)c1)c1ccccc1I. The Morgan fingerprint density at radius 1 is 1.15 bits per heavy atom. The molecule has 1 aliphatic rings. The maximum absolute atomic E-state index is 5.90. The van der Waals surface area contributed by atoms with Crippen molar-refractivity contribution in [2.45, 2.75) is 25.0 Å². The summed E-state index contributed by atoms with van der Waals surface area (Å²) in [5.41, 5.74) is 2.55. The van der Waals surface area contributed by atoms with E-state index < -0.39 is 0 Å². The Kier molecular flexibility index (Phi) is 4.27. The average Bonchev–Trinajstić information content (AvgIpc) is 3.26. The molecule has 2 nitrogen and oxygen atoms in total. The largest absolute Gasteiger partial charge is 0.490 e. The smallest absolute Gasteiger partial charge is 0.120 e. The van der Waals surface area contributed by atoms with Gasteiger partial charge in [0.2, 0.25) is 0 Å². The second-order valence-electron chi connectivity index (χ2n) is 5.13. The van der Waals surface area contributed by atoms with Gasteiger partial charge in [-0.2, -0.15) is 0 Å². The van der Waals surface area contributed by atoms with Crippen molar-refractivity contribution >= 4 is 22.6 Å². The van der Waals surface area contributed by atoms with Crippen molar-refractivity contribution < 1.29 is 4.74 Å². The molecule has 1 fully saturated rings. The average molecular weight is 379 g/mol.